The van der Waals surface area contributed by atoms with Crippen molar-refractivity contribution < 1.29 is 14.2 Å². The molecule has 146 valence electrons. The summed E-state index contributed by atoms with van der Waals surface area (Å²) < 4.78 is 17.9. The monoisotopic (exact) mass is 391 g/mol. The van der Waals surface area contributed by atoms with Gasteiger partial charge in [0.2, 0.25) is 0 Å². The van der Waals surface area contributed by atoms with E-state index in [4.69, 9.17) is 4.74 Å². The molecular weight excluding hydrogens is 365 g/mol. The van der Waals surface area contributed by atoms with Gasteiger partial charge in [0.05, 0.1) is 7.11 Å². The predicted octanol–water partition coefficient (Wildman–Crippen LogP) is 3.43. The number of phenolic OH excluding ortho intramolecular Hbond substituents is 1. The lowest BCUT2D eigenvalue weighted by molar-refractivity contribution is 0.406. The summed E-state index contributed by atoms with van der Waals surface area (Å²) in [6, 6.07) is 11.9. The SMILES string of the molecule is CN=C(NCCCSc1ccc(F)cc1)NCCc1ccc(OC)cc1O. The smallest absolute Gasteiger partial charge is 0.190 e. The van der Waals surface area contributed by atoms with Crippen LogP contribution in [0.1, 0.15) is 12.0 Å². The van der Waals surface area contributed by atoms with Crippen molar-refractivity contribution in [2.45, 2.75) is 17.7 Å². The van der Waals surface area contributed by atoms with Crippen LogP contribution in [0.5, 0.6) is 11.5 Å². The van der Waals surface area contributed by atoms with Gasteiger partial charge in [-0.05, 0) is 54.5 Å². The summed E-state index contributed by atoms with van der Waals surface area (Å²) in [5, 5.41) is 16.5. The highest BCUT2D eigenvalue weighted by molar-refractivity contribution is 7.99. The van der Waals surface area contributed by atoms with Gasteiger partial charge < -0.3 is 20.5 Å². The molecule has 0 heterocycles. The Labute approximate surface area is 164 Å². The van der Waals surface area contributed by atoms with E-state index in [-0.39, 0.29) is 11.6 Å². The van der Waals surface area contributed by atoms with Gasteiger partial charge in [0, 0.05) is 31.1 Å². The first-order valence-electron chi connectivity index (χ1n) is 8.81. The van der Waals surface area contributed by atoms with Crippen LogP contribution in [-0.2, 0) is 6.42 Å². The zero-order chi connectivity index (χ0) is 19.5. The Morgan fingerprint density at radius 2 is 1.89 bits per heavy atom. The molecule has 2 aromatic rings. The van der Waals surface area contributed by atoms with Crippen molar-refractivity contribution in [3.63, 3.8) is 0 Å². The van der Waals surface area contributed by atoms with E-state index >= 15 is 0 Å². The Morgan fingerprint density at radius 3 is 2.56 bits per heavy atom. The molecular formula is C20H26FN3O2S. The molecule has 0 bridgehead atoms. The normalized spacial score (nSPS) is 11.3. The summed E-state index contributed by atoms with van der Waals surface area (Å²) in [4.78, 5) is 5.27. The topological polar surface area (TPSA) is 65.9 Å². The molecule has 3 N–H and O–H groups in total. The molecule has 0 radical (unpaired) electrons. The third-order valence-electron chi connectivity index (χ3n) is 3.90. The van der Waals surface area contributed by atoms with E-state index in [0.717, 1.165) is 35.1 Å². The number of halogens is 1. The minimum Gasteiger partial charge on any atom is -0.508 e. The highest BCUT2D eigenvalue weighted by Gasteiger charge is 2.04. The van der Waals surface area contributed by atoms with Gasteiger partial charge in [0.1, 0.15) is 17.3 Å². The average Bonchev–Trinajstić information content (AvgIpc) is 2.68. The Bertz CT molecular complexity index is 739. The maximum absolute atomic E-state index is 12.9. The highest BCUT2D eigenvalue weighted by atomic mass is 32.2. The lowest BCUT2D eigenvalue weighted by Crippen LogP contribution is -2.38. The van der Waals surface area contributed by atoms with Crippen molar-refractivity contribution in [1.82, 2.24) is 10.6 Å². The van der Waals surface area contributed by atoms with Gasteiger partial charge in [-0.2, -0.15) is 0 Å². The van der Waals surface area contributed by atoms with Crippen LogP contribution in [0.2, 0.25) is 0 Å². The second kappa shape index (κ2) is 11.3. The summed E-state index contributed by atoms with van der Waals surface area (Å²) in [6.07, 6.45) is 1.64. The van der Waals surface area contributed by atoms with Crippen molar-refractivity contribution in [1.29, 1.82) is 0 Å². The van der Waals surface area contributed by atoms with Gasteiger partial charge in [-0.3, -0.25) is 4.99 Å². The molecule has 2 aromatic carbocycles. The van der Waals surface area contributed by atoms with E-state index in [2.05, 4.69) is 15.6 Å². The fourth-order valence-electron chi connectivity index (χ4n) is 2.42. The second-order valence-electron chi connectivity index (χ2n) is 5.83. The van der Waals surface area contributed by atoms with Gasteiger partial charge >= 0.3 is 0 Å². The van der Waals surface area contributed by atoms with Gasteiger partial charge in [0.15, 0.2) is 5.96 Å². The van der Waals surface area contributed by atoms with E-state index in [9.17, 15) is 9.50 Å². The predicted molar refractivity (Wildman–Crippen MR) is 109 cm³/mol. The standard InChI is InChI=1S/C20H26FN3O2S/c1-22-20(23-11-3-13-27-18-8-5-16(21)6-9-18)24-12-10-15-4-7-17(26-2)14-19(15)25/h4-9,14,25H,3,10-13H2,1-2H3,(H2,22,23,24). The number of aromatic hydroxyl groups is 1. The number of thioether (sulfide) groups is 1. The lowest BCUT2D eigenvalue weighted by Gasteiger charge is -2.12. The highest BCUT2D eigenvalue weighted by Crippen LogP contribution is 2.23. The number of phenols is 1. The molecule has 0 amide bonds. The minimum absolute atomic E-state index is 0.209. The molecule has 0 unspecified atom stereocenters. The summed E-state index contributed by atoms with van der Waals surface area (Å²) in [6.45, 7) is 1.45. The Morgan fingerprint density at radius 1 is 1.15 bits per heavy atom. The van der Waals surface area contributed by atoms with Crippen molar-refractivity contribution >= 4 is 17.7 Å². The molecule has 0 spiro atoms. The van der Waals surface area contributed by atoms with Crippen molar-refractivity contribution in [3.8, 4) is 11.5 Å². The molecule has 0 aliphatic rings. The van der Waals surface area contributed by atoms with Crippen molar-refractivity contribution in [3.05, 3.63) is 53.8 Å². The van der Waals surface area contributed by atoms with Gasteiger partial charge in [0.25, 0.3) is 0 Å². The van der Waals surface area contributed by atoms with Crippen molar-refractivity contribution in [2.24, 2.45) is 4.99 Å². The van der Waals surface area contributed by atoms with Crippen LogP contribution in [0, 0.1) is 5.82 Å². The number of benzene rings is 2. The summed E-state index contributed by atoms with van der Waals surface area (Å²) in [5.74, 6) is 2.33. The zero-order valence-corrected chi connectivity index (χ0v) is 16.5. The molecule has 0 saturated heterocycles. The number of ether oxygens (including phenoxy) is 1. The quantitative estimate of drug-likeness (QED) is 0.265. The fraction of sp³-hybridized carbons (Fsp3) is 0.350. The number of rotatable bonds is 9. The number of methoxy groups -OCH3 is 1. The van der Waals surface area contributed by atoms with E-state index < -0.39 is 0 Å². The zero-order valence-electron chi connectivity index (χ0n) is 15.7. The van der Waals surface area contributed by atoms with E-state index in [1.54, 1.807) is 44.1 Å². The molecule has 0 fully saturated rings. The van der Waals surface area contributed by atoms with E-state index in [1.807, 2.05) is 12.1 Å². The van der Waals surface area contributed by atoms with Crippen LogP contribution in [0.15, 0.2) is 52.4 Å². The molecule has 0 saturated carbocycles. The van der Waals surface area contributed by atoms with E-state index in [1.165, 1.54) is 12.1 Å². The molecule has 27 heavy (non-hydrogen) atoms. The first-order valence-corrected chi connectivity index (χ1v) is 9.79. The van der Waals surface area contributed by atoms with Crippen LogP contribution < -0.4 is 15.4 Å². The molecule has 0 aliphatic heterocycles. The summed E-state index contributed by atoms with van der Waals surface area (Å²) in [7, 11) is 3.30. The Hall–Kier alpha value is -2.41. The Balaban J connectivity index is 1.63. The number of guanidine groups is 1. The third kappa shape index (κ3) is 7.38. The van der Waals surface area contributed by atoms with Crippen LogP contribution in [0.25, 0.3) is 0 Å². The fourth-order valence-corrected chi connectivity index (χ4v) is 3.27. The van der Waals surface area contributed by atoms with Crippen LogP contribution in [0.4, 0.5) is 4.39 Å². The van der Waals surface area contributed by atoms with E-state index in [0.29, 0.717) is 18.7 Å². The maximum Gasteiger partial charge on any atom is 0.190 e. The number of nitrogens with one attached hydrogen (secondary N) is 2. The largest absolute Gasteiger partial charge is 0.508 e. The first kappa shape index (κ1) is 20.9. The number of hydrogen-bond donors (Lipinski definition) is 3. The Kier molecular flexibility index (Phi) is 8.77. The van der Waals surface area contributed by atoms with Crippen LogP contribution in [0.3, 0.4) is 0 Å². The molecule has 0 aliphatic carbocycles. The van der Waals surface area contributed by atoms with Gasteiger partial charge in [-0.1, -0.05) is 6.07 Å². The number of hydrogen-bond acceptors (Lipinski definition) is 4. The van der Waals surface area contributed by atoms with Crippen LogP contribution >= 0.6 is 11.8 Å². The average molecular weight is 392 g/mol. The molecule has 5 nitrogen and oxygen atoms in total. The van der Waals surface area contributed by atoms with Gasteiger partial charge in [-0.15, -0.1) is 11.8 Å². The third-order valence-corrected chi connectivity index (χ3v) is 5.00. The number of aliphatic imine (C=N–C) groups is 1. The summed E-state index contributed by atoms with van der Waals surface area (Å²) in [5.41, 5.74) is 0.856. The molecule has 7 heteroatoms. The summed E-state index contributed by atoms with van der Waals surface area (Å²) >= 11 is 1.70. The van der Waals surface area contributed by atoms with Crippen LogP contribution in [-0.4, -0.2) is 44.1 Å². The van der Waals surface area contributed by atoms with Crippen molar-refractivity contribution in [2.75, 3.05) is 33.0 Å². The molecule has 2 rings (SSSR count). The molecule has 0 aromatic heterocycles. The second-order valence-corrected chi connectivity index (χ2v) is 6.99. The molecule has 0 atom stereocenters. The number of nitrogens with zero attached hydrogens (tertiary/aromatic N) is 1. The van der Waals surface area contributed by atoms with Gasteiger partial charge in [-0.25, -0.2) is 4.39 Å². The lowest BCUT2D eigenvalue weighted by atomic mass is 10.1. The maximum atomic E-state index is 12.9. The minimum atomic E-state index is -0.209. The first-order chi connectivity index (χ1) is 13.1.